The van der Waals surface area contributed by atoms with Gasteiger partial charge in [0.2, 0.25) is 11.7 Å². The smallest absolute Gasteiger partial charge is 0.249 e. The average molecular weight is 444 g/mol. The van der Waals surface area contributed by atoms with Crippen LogP contribution in [0.15, 0.2) is 47.0 Å². The van der Waals surface area contributed by atoms with E-state index in [1.165, 1.54) is 40.6 Å². The fourth-order valence-corrected chi connectivity index (χ4v) is 3.20. The van der Waals surface area contributed by atoms with Gasteiger partial charge in [-0.15, -0.1) is 0 Å². The van der Waals surface area contributed by atoms with Crippen molar-refractivity contribution in [3.05, 3.63) is 59.5 Å². The van der Waals surface area contributed by atoms with E-state index in [4.69, 9.17) is 23.5 Å². The van der Waals surface area contributed by atoms with Gasteiger partial charge in [-0.3, -0.25) is 4.79 Å². The number of amides is 1. The zero-order valence-corrected chi connectivity index (χ0v) is 18.4. The van der Waals surface area contributed by atoms with Gasteiger partial charge in [-0.1, -0.05) is 17.3 Å². The molecule has 170 valence electrons. The van der Waals surface area contributed by atoms with Gasteiger partial charge in [0.1, 0.15) is 18.1 Å². The number of hydrogen-bond donors (Lipinski definition) is 0. The first-order valence-corrected chi connectivity index (χ1v) is 9.76. The molecule has 0 N–H and O–H groups in total. The summed E-state index contributed by atoms with van der Waals surface area (Å²) in [6.45, 7) is 0.376. The monoisotopic (exact) mass is 444 g/mol. The molecule has 32 heavy (non-hydrogen) atoms. The van der Waals surface area contributed by atoms with Crippen molar-refractivity contribution in [1.82, 2.24) is 10.1 Å². The van der Waals surface area contributed by atoms with E-state index in [1.54, 1.807) is 35.2 Å². The molecule has 0 saturated heterocycles. The second kappa shape index (κ2) is 10.6. The number of halogens is 1. The molecule has 0 radical (unpaired) electrons. The summed E-state index contributed by atoms with van der Waals surface area (Å²) in [5.41, 5.74) is 2.00. The van der Waals surface area contributed by atoms with Crippen molar-refractivity contribution in [2.45, 2.75) is 13.1 Å². The minimum atomic E-state index is -0.338. The molecule has 0 aliphatic carbocycles. The van der Waals surface area contributed by atoms with Gasteiger partial charge in [0.25, 0.3) is 0 Å². The normalized spacial score (nSPS) is 10.7. The molecule has 3 rings (SSSR count). The van der Waals surface area contributed by atoms with Crippen LogP contribution in [0.3, 0.4) is 0 Å². The molecule has 1 aromatic heterocycles. The lowest BCUT2D eigenvalue weighted by Gasteiger charge is -2.21. The summed E-state index contributed by atoms with van der Waals surface area (Å²) in [7, 11) is 6.04. The largest absolute Gasteiger partial charge is 0.493 e. The van der Waals surface area contributed by atoms with Gasteiger partial charge in [-0.05, 0) is 29.8 Å². The molecular weight excluding hydrogens is 419 g/mol. The molecule has 1 amide bonds. The van der Waals surface area contributed by atoms with Crippen molar-refractivity contribution in [2.75, 3.05) is 35.0 Å². The highest BCUT2D eigenvalue weighted by Crippen LogP contribution is 2.41. The summed E-state index contributed by atoms with van der Waals surface area (Å²) in [5, 5.41) is 4.10. The third-order valence-electron chi connectivity index (χ3n) is 4.77. The zero-order valence-electron chi connectivity index (χ0n) is 18.4. The highest BCUT2D eigenvalue weighted by atomic mass is 19.1. The summed E-state index contributed by atoms with van der Waals surface area (Å²) in [5.74, 6) is 1.33. The number of rotatable bonds is 10. The Balaban J connectivity index is 1.85. The standard InChI is InChI=1S/C23H25FN2O6/c1-28-14-22(27)26(12-15-5-7-17(24)8-6-15)13-18-11-19(32-25-18)16-9-20(29-2)23(31-4)21(10-16)30-3/h5-11H,12-14H2,1-4H3. The van der Waals surface area contributed by atoms with Gasteiger partial charge in [0, 0.05) is 25.3 Å². The van der Waals surface area contributed by atoms with E-state index in [1.807, 2.05) is 0 Å². The quantitative estimate of drug-likeness (QED) is 0.472. The van der Waals surface area contributed by atoms with Gasteiger partial charge in [0.15, 0.2) is 17.3 Å². The molecule has 0 aliphatic rings. The Bertz CT molecular complexity index is 1030. The Hall–Kier alpha value is -3.59. The van der Waals surface area contributed by atoms with Crippen LogP contribution in [0, 0.1) is 5.82 Å². The first-order valence-electron chi connectivity index (χ1n) is 9.76. The number of carbonyl (C=O) groups is 1. The van der Waals surface area contributed by atoms with E-state index in [2.05, 4.69) is 5.16 Å². The summed E-state index contributed by atoms with van der Waals surface area (Å²) in [6, 6.07) is 11.2. The van der Waals surface area contributed by atoms with E-state index in [0.29, 0.717) is 34.3 Å². The van der Waals surface area contributed by atoms with Gasteiger partial charge in [-0.25, -0.2) is 4.39 Å². The van der Waals surface area contributed by atoms with Crippen molar-refractivity contribution in [3.8, 4) is 28.6 Å². The van der Waals surface area contributed by atoms with E-state index < -0.39 is 0 Å². The average Bonchev–Trinajstić information content (AvgIpc) is 3.27. The Kier molecular flexibility index (Phi) is 7.67. The van der Waals surface area contributed by atoms with E-state index >= 15 is 0 Å². The van der Waals surface area contributed by atoms with Gasteiger partial charge < -0.3 is 28.4 Å². The summed E-state index contributed by atoms with van der Waals surface area (Å²) >= 11 is 0. The Labute approximate surface area is 185 Å². The van der Waals surface area contributed by atoms with Crippen LogP contribution in [-0.2, 0) is 22.6 Å². The van der Waals surface area contributed by atoms with Crippen LogP contribution in [0.1, 0.15) is 11.3 Å². The van der Waals surface area contributed by atoms with Crippen molar-refractivity contribution in [3.63, 3.8) is 0 Å². The van der Waals surface area contributed by atoms with Crippen LogP contribution >= 0.6 is 0 Å². The minimum absolute atomic E-state index is 0.0845. The molecule has 0 atom stereocenters. The van der Waals surface area contributed by atoms with Crippen LogP contribution in [0.2, 0.25) is 0 Å². The lowest BCUT2D eigenvalue weighted by atomic mass is 10.1. The highest BCUT2D eigenvalue weighted by Gasteiger charge is 2.19. The van der Waals surface area contributed by atoms with Crippen molar-refractivity contribution < 1.29 is 32.7 Å². The van der Waals surface area contributed by atoms with Gasteiger partial charge >= 0.3 is 0 Å². The predicted octanol–water partition coefficient (Wildman–Crippen LogP) is 3.68. The number of nitrogens with zero attached hydrogens (tertiary/aromatic N) is 2. The number of aromatic nitrogens is 1. The Morgan fingerprint density at radius 2 is 1.62 bits per heavy atom. The SMILES string of the molecule is COCC(=O)N(Cc1ccc(F)cc1)Cc1cc(-c2cc(OC)c(OC)c(OC)c2)on1. The second-order valence-electron chi connectivity index (χ2n) is 6.91. The maximum Gasteiger partial charge on any atom is 0.249 e. The molecule has 0 bridgehead atoms. The van der Waals surface area contributed by atoms with Crippen LogP contribution in [0.5, 0.6) is 17.2 Å². The van der Waals surface area contributed by atoms with Crippen molar-refractivity contribution in [2.24, 2.45) is 0 Å². The molecule has 3 aromatic rings. The lowest BCUT2D eigenvalue weighted by molar-refractivity contribution is -0.136. The van der Waals surface area contributed by atoms with Crippen LogP contribution in [-0.4, -0.2) is 51.0 Å². The predicted molar refractivity (Wildman–Crippen MR) is 114 cm³/mol. The number of benzene rings is 2. The number of carbonyl (C=O) groups excluding carboxylic acids is 1. The third-order valence-corrected chi connectivity index (χ3v) is 4.77. The fourth-order valence-electron chi connectivity index (χ4n) is 3.20. The van der Waals surface area contributed by atoms with E-state index in [-0.39, 0.29) is 31.4 Å². The van der Waals surface area contributed by atoms with Crippen LogP contribution in [0.4, 0.5) is 4.39 Å². The summed E-state index contributed by atoms with van der Waals surface area (Å²) < 4.78 is 39.8. The molecule has 0 unspecified atom stereocenters. The van der Waals surface area contributed by atoms with Gasteiger partial charge in [0.05, 0.1) is 27.9 Å². The maximum absolute atomic E-state index is 13.2. The van der Waals surface area contributed by atoms with E-state index in [9.17, 15) is 9.18 Å². The van der Waals surface area contributed by atoms with Crippen LogP contribution < -0.4 is 14.2 Å². The van der Waals surface area contributed by atoms with Gasteiger partial charge in [-0.2, -0.15) is 0 Å². The van der Waals surface area contributed by atoms with Crippen molar-refractivity contribution in [1.29, 1.82) is 0 Å². The Morgan fingerprint density at radius 3 is 2.19 bits per heavy atom. The fraction of sp³-hybridized carbons (Fsp3) is 0.304. The van der Waals surface area contributed by atoms with E-state index in [0.717, 1.165) is 5.56 Å². The summed E-state index contributed by atoms with van der Waals surface area (Å²) in [6.07, 6.45) is 0. The molecule has 9 heteroatoms. The molecule has 0 saturated carbocycles. The Morgan fingerprint density at radius 1 is 0.969 bits per heavy atom. The minimum Gasteiger partial charge on any atom is -0.493 e. The molecule has 1 heterocycles. The molecule has 0 spiro atoms. The molecule has 0 aliphatic heterocycles. The number of hydrogen-bond acceptors (Lipinski definition) is 7. The number of ether oxygens (including phenoxy) is 4. The zero-order chi connectivity index (χ0) is 23.1. The highest BCUT2D eigenvalue weighted by molar-refractivity contribution is 5.77. The molecule has 0 fully saturated rings. The first-order chi connectivity index (χ1) is 15.5. The second-order valence-corrected chi connectivity index (χ2v) is 6.91. The lowest BCUT2D eigenvalue weighted by Crippen LogP contribution is -2.33. The molecular formula is C23H25FN2O6. The molecule has 8 nitrogen and oxygen atoms in total. The van der Waals surface area contributed by atoms with Crippen LogP contribution in [0.25, 0.3) is 11.3 Å². The van der Waals surface area contributed by atoms with Crippen molar-refractivity contribution >= 4 is 5.91 Å². The topological polar surface area (TPSA) is 83.3 Å². The first kappa shape index (κ1) is 23.1. The molecule has 2 aromatic carbocycles. The third kappa shape index (κ3) is 5.36. The summed E-state index contributed by atoms with van der Waals surface area (Å²) in [4.78, 5) is 14.1. The number of methoxy groups -OCH3 is 4. The maximum atomic E-state index is 13.2.